The summed E-state index contributed by atoms with van der Waals surface area (Å²) in [5, 5.41) is 12.7. The van der Waals surface area contributed by atoms with Crippen molar-refractivity contribution in [2.45, 2.75) is 78.7 Å². The summed E-state index contributed by atoms with van der Waals surface area (Å²) >= 11 is 1.88. The quantitative estimate of drug-likeness (QED) is 0.393. The van der Waals surface area contributed by atoms with Gasteiger partial charge >= 0.3 is 0 Å². The fourth-order valence-electron chi connectivity index (χ4n) is 4.98. The summed E-state index contributed by atoms with van der Waals surface area (Å²) in [7, 11) is 0. The topological polar surface area (TPSA) is 20.2 Å². The van der Waals surface area contributed by atoms with Gasteiger partial charge < -0.3 is 5.11 Å². The predicted molar refractivity (Wildman–Crippen MR) is 127 cm³/mol. The van der Waals surface area contributed by atoms with Gasteiger partial charge in [-0.1, -0.05) is 75.9 Å². The summed E-state index contributed by atoms with van der Waals surface area (Å²) < 4.78 is 0. The van der Waals surface area contributed by atoms with Crippen LogP contribution in [0.15, 0.2) is 47.4 Å². The number of allylic oxidation sites excluding steroid dienone is 2. The highest BCUT2D eigenvalue weighted by atomic mass is 32.1. The first-order valence-corrected chi connectivity index (χ1v) is 12.4. The summed E-state index contributed by atoms with van der Waals surface area (Å²) in [6.07, 6.45) is 7.76. The number of benzene rings is 1. The zero-order valence-corrected chi connectivity index (χ0v) is 19.5. The fraction of sp³-hybridized carbons (Fsp3) is 0.556. The van der Waals surface area contributed by atoms with Crippen LogP contribution in [0.4, 0.5) is 0 Å². The molecule has 0 aliphatic heterocycles. The summed E-state index contributed by atoms with van der Waals surface area (Å²) in [5.41, 5.74) is 5.57. The Bertz CT molecular complexity index is 771. The molecule has 0 saturated carbocycles. The van der Waals surface area contributed by atoms with Crippen molar-refractivity contribution in [1.29, 1.82) is 0 Å². The van der Waals surface area contributed by atoms with Crippen LogP contribution in [0.2, 0.25) is 0 Å². The average Bonchev–Trinajstić information content (AvgIpc) is 3.32. The fourth-order valence-corrected chi connectivity index (χ4v) is 5.73. The molecule has 4 atom stereocenters. The van der Waals surface area contributed by atoms with Crippen molar-refractivity contribution >= 4 is 16.9 Å². The van der Waals surface area contributed by atoms with E-state index in [1.165, 1.54) is 42.5 Å². The molecule has 29 heavy (non-hydrogen) atoms. The van der Waals surface area contributed by atoms with Crippen LogP contribution in [0.1, 0.15) is 88.3 Å². The molecule has 158 valence electrons. The second-order valence-electron chi connectivity index (χ2n) is 8.96. The maximum absolute atomic E-state index is 10.5. The molecule has 1 aliphatic carbocycles. The molecule has 0 saturated heterocycles. The van der Waals surface area contributed by atoms with E-state index in [2.05, 4.69) is 69.5 Å². The number of unbranched alkanes of at least 4 members (excludes halogenated alkanes) is 2. The summed E-state index contributed by atoms with van der Waals surface area (Å²) in [6.45, 7) is 9.37. The van der Waals surface area contributed by atoms with Gasteiger partial charge in [0.05, 0.1) is 6.10 Å². The first kappa shape index (κ1) is 22.3. The summed E-state index contributed by atoms with van der Waals surface area (Å²) in [5.74, 6) is 1.99. The van der Waals surface area contributed by atoms with Gasteiger partial charge in [0.2, 0.25) is 0 Å². The molecule has 0 fully saturated rings. The van der Waals surface area contributed by atoms with Crippen LogP contribution in [0, 0.1) is 17.8 Å². The Morgan fingerprint density at radius 3 is 2.45 bits per heavy atom. The zero-order valence-electron chi connectivity index (χ0n) is 18.7. The number of aliphatic hydroxyl groups is 1. The number of aryl methyl sites for hydroxylation is 1. The number of aliphatic hydroxyl groups excluding tert-OH is 1. The van der Waals surface area contributed by atoms with E-state index in [0.29, 0.717) is 17.8 Å². The molecular weight excluding hydrogens is 372 g/mol. The van der Waals surface area contributed by atoms with E-state index in [4.69, 9.17) is 0 Å². The van der Waals surface area contributed by atoms with E-state index in [1.807, 2.05) is 11.3 Å². The van der Waals surface area contributed by atoms with Crippen molar-refractivity contribution in [2.75, 3.05) is 0 Å². The van der Waals surface area contributed by atoms with Crippen LogP contribution in [-0.2, 0) is 6.42 Å². The lowest BCUT2D eigenvalue weighted by molar-refractivity contribution is 0.163. The Labute approximate surface area is 181 Å². The second-order valence-corrected chi connectivity index (χ2v) is 9.99. The van der Waals surface area contributed by atoms with Crippen LogP contribution in [0.25, 0.3) is 5.57 Å². The van der Waals surface area contributed by atoms with Gasteiger partial charge in [0.25, 0.3) is 0 Å². The van der Waals surface area contributed by atoms with Crippen molar-refractivity contribution in [3.8, 4) is 0 Å². The number of rotatable bonds is 10. The van der Waals surface area contributed by atoms with Gasteiger partial charge in [0, 0.05) is 4.88 Å². The van der Waals surface area contributed by atoms with Gasteiger partial charge in [0.1, 0.15) is 0 Å². The predicted octanol–water partition coefficient (Wildman–Crippen LogP) is 8.06. The molecule has 1 nitrogen and oxygen atoms in total. The molecule has 1 aliphatic rings. The largest absolute Gasteiger partial charge is 0.388 e. The molecule has 2 aromatic rings. The minimum Gasteiger partial charge on any atom is -0.388 e. The standard InChI is InChI=1S/C27H38OS/c1-5-6-7-13-26(28)22-14-16-23(17-15-22)27-21(4)19(2)20(3)25(27)12-8-10-24-11-9-18-29-24/h9,11,14-20,25-26,28H,5-8,10,12-13H2,1-4H3/t19?,20?,25-,26?/m0/s1. The van der Waals surface area contributed by atoms with Gasteiger partial charge in [-0.25, -0.2) is 0 Å². The maximum atomic E-state index is 10.5. The Balaban J connectivity index is 1.69. The van der Waals surface area contributed by atoms with Crippen molar-refractivity contribution in [1.82, 2.24) is 0 Å². The lowest BCUT2D eigenvalue weighted by atomic mass is 9.82. The second kappa shape index (κ2) is 10.6. The maximum Gasteiger partial charge on any atom is 0.0790 e. The van der Waals surface area contributed by atoms with Crippen molar-refractivity contribution in [3.05, 3.63) is 63.4 Å². The van der Waals surface area contributed by atoms with Crippen molar-refractivity contribution in [2.24, 2.45) is 17.8 Å². The molecule has 0 radical (unpaired) electrons. The van der Waals surface area contributed by atoms with Crippen molar-refractivity contribution in [3.63, 3.8) is 0 Å². The van der Waals surface area contributed by atoms with Crippen molar-refractivity contribution < 1.29 is 5.11 Å². The first-order chi connectivity index (χ1) is 14.0. The third kappa shape index (κ3) is 5.41. The van der Waals surface area contributed by atoms with Crippen LogP contribution in [0.3, 0.4) is 0 Å². The van der Waals surface area contributed by atoms with Crippen LogP contribution >= 0.6 is 11.3 Å². The van der Waals surface area contributed by atoms with E-state index in [-0.39, 0.29) is 6.10 Å². The highest BCUT2D eigenvalue weighted by Gasteiger charge is 2.35. The lowest BCUT2D eigenvalue weighted by Crippen LogP contribution is -2.13. The van der Waals surface area contributed by atoms with Gasteiger partial charge in [-0.2, -0.15) is 0 Å². The lowest BCUT2D eigenvalue weighted by Gasteiger charge is -2.22. The van der Waals surface area contributed by atoms with Gasteiger partial charge in [0.15, 0.2) is 0 Å². The minimum atomic E-state index is -0.325. The van der Waals surface area contributed by atoms with Gasteiger partial charge in [-0.3, -0.25) is 0 Å². The van der Waals surface area contributed by atoms with E-state index >= 15 is 0 Å². The minimum absolute atomic E-state index is 0.325. The molecule has 0 bridgehead atoms. The first-order valence-electron chi connectivity index (χ1n) is 11.5. The Kier molecular flexibility index (Phi) is 8.15. The third-order valence-corrected chi connectivity index (χ3v) is 8.04. The number of hydrogen-bond donors (Lipinski definition) is 1. The highest BCUT2D eigenvalue weighted by Crippen LogP contribution is 2.48. The molecule has 0 amide bonds. The molecule has 1 aromatic carbocycles. The highest BCUT2D eigenvalue weighted by molar-refractivity contribution is 7.09. The molecule has 1 N–H and O–H groups in total. The van der Waals surface area contributed by atoms with E-state index in [0.717, 1.165) is 18.4 Å². The van der Waals surface area contributed by atoms with E-state index in [1.54, 1.807) is 11.1 Å². The van der Waals surface area contributed by atoms with E-state index in [9.17, 15) is 5.11 Å². The van der Waals surface area contributed by atoms with E-state index < -0.39 is 0 Å². The smallest absolute Gasteiger partial charge is 0.0790 e. The monoisotopic (exact) mass is 410 g/mol. The SMILES string of the molecule is CCCCCC(O)c1ccc(C2=C(C)C(C)C(C)[C@@H]2CCCc2cccs2)cc1. The van der Waals surface area contributed by atoms with Crippen LogP contribution < -0.4 is 0 Å². The molecule has 3 rings (SSSR count). The normalized spacial score (nSPS) is 23.0. The zero-order chi connectivity index (χ0) is 20.8. The Morgan fingerprint density at radius 1 is 1.03 bits per heavy atom. The summed E-state index contributed by atoms with van der Waals surface area (Å²) in [6, 6.07) is 13.2. The Morgan fingerprint density at radius 2 is 1.79 bits per heavy atom. The summed E-state index contributed by atoms with van der Waals surface area (Å²) in [4.78, 5) is 1.51. The molecule has 3 unspecified atom stereocenters. The number of hydrogen-bond acceptors (Lipinski definition) is 2. The average molecular weight is 411 g/mol. The van der Waals surface area contributed by atoms with Gasteiger partial charge in [-0.15, -0.1) is 11.3 Å². The van der Waals surface area contributed by atoms with Gasteiger partial charge in [-0.05, 0) is 78.5 Å². The van der Waals surface area contributed by atoms with Crippen LogP contribution in [-0.4, -0.2) is 5.11 Å². The molecule has 1 aromatic heterocycles. The molecule has 1 heterocycles. The molecular formula is C27H38OS. The third-order valence-electron chi connectivity index (χ3n) is 7.11. The molecule has 2 heteroatoms. The molecule has 0 spiro atoms. The number of thiophene rings is 1. The van der Waals surface area contributed by atoms with Crippen LogP contribution in [0.5, 0.6) is 0 Å². The Hall–Kier alpha value is -1.38.